The lowest BCUT2D eigenvalue weighted by Gasteiger charge is -2.32. The molecule has 1 aliphatic rings. The third kappa shape index (κ3) is 5.19. The first-order valence-electron chi connectivity index (χ1n) is 5.76. The van der Waals surface area contributed by atoms with Crippen LogP contribution in [0.1, 0.15) is 33.6 Å². The molecule has 0 aliphatic heterocycles. The van der Waals surface area contributed by atoms with Crippen LogP contribution in [0, 0.1) is 11.3 Å². The van der Waals surface area contributed by atoms with Crippen molar-refractivity contribution in [3.63, 3.8) is 0 Å². The highest BCUT2D eigenvalue weighted by molar-refractivity contribution is 5.59. The summed E-state index contributed by atoms with van der Waals surface area (Å²) >= 11 is 0. The van der Waals surface area contributed by atoms with E-state index in [0.717, 1.165) is 31.9 Å². The van der Waals surface area contributed by atoms with E-state index in [1.165, 1.54) is 5.01 Å². The van der Waals surface area contributed by atoms with Crippen LogP contribution in [-0.2, 0) is 4.79 Å². The smallest absolute Gasteiger partial charge is 0.144 e. The second kappa shape index (κ2) is 6.61. The predicted octanol–water partition coefficient (Wildman–Crippen LogP) is 0.594. The van der Waals surface area contributed by atoms with Crippen LogP contribution in [0.2, 0.25) is 0 Å². The second-order valence-electron chi connectivity index (χ2n) is 5.30. The number of carbonyl (C=O) groups excluding carboxylic acids is 1. The summed E-state index contributed by atoms with van der Waals surface area (Å²) < 4.78 is 0. The molecule has 17 heavy (non-hydrogen) atoms. The van der Waals surface area contributed by atoms with Crippen molar-refractivity contribution in [3.05, 3.63) is 11.9 Å². The number of rotatable bonds is 4. The number of hydrogen-bond donors (Lipinski definition) is 3. The molecule has 1 aliphatic carbocycles. The van der Waals surface area contributed by atoms with E-state index < -0.39 is 0 Å². The van der Waals surface area contributed by atoms with Gasteiger partial charge in [0, 0.05) is 24.9 Å². The molecule has 5 nitrogen and oxygen atoms in total. The number of aldehydes is 1. The highest BCUT2D eigenvalue weighted by Gasteiger charge is 2.29. The van der Waals surface area contributed by atoms with Crippen molar-refractivity contribution in [3.8, 4) is 0 Å². The minimum atomic E-state index is -0.338. The number of hydrogen-bond acceptors (Lipinski definition) is 5. The molecule has 100 valence electrons. The van der Waals surface area contributed by atoms with Gasteiger partial charge in [0.1, 0.15) is 12.3 Å². The third-order valence-electron chi connectivity index (χ3n) is 2.68. The molecule has 0 aromatic heterocycles. The molecule has 0 aromatic carbocycles. The van der Waals surface area contributed by atoms with Crippen LogP contribution in [0.15, 0.2) is 11.9 Å². The summed E-state index contributed by atoms with van der Waals surface area (Å²) in [4.78, 5) is 11.0. The Morgan fingerprint density at radius 3 is 2.18 bits per heavy atom. The summed E-state index contributed by atoms with van der Waals surface area (Å²) in [6.07, 6.45) is 4.84. The van der Waals surface area contributed by atoms with Gasteiger partial charge < -0.3 is 20.6 Å². The molecule has 5 heteroatoms. The highest BCUT2D eigenvalue weighted by Crippen LogP contribution is 2.34. The third-order valence-corrected chi connectivity index (χ3v) is 2.68. The summed E-state index contributed by atoms with van der Waals surface area (Å²) in [5.74, 6) is 6.30. The number of aliphatic hydroxyl groups is 1. The summed E-state index contributed by atoms with van der Waals surface area (Å²) in [7, 11) is 1.00. The topological polar surface area (TPSA) is 92.6 Å². The van der Waals surface area contributed by atoms with Crippen molar-refractivity contribution in [1.29, 1.82) is 0 Å². The van der Waals surface area contributed by atoms with Crippen LogP contribution in [0.25, 0.3) is 0 Å². The van der Waals surface area contributed by atoms with Gasteiger partial charge in [0.2, 0.25) is 0 Å². The summed E-state index contributed by atoms with van der Waals surface area (Å²) in [5.41, 5.74) is 6.44. The number of carbonyl (C=O) groups is 1. The summed E-state index contributed by atoms with van der Waals surface area (Å²) in [5, 5.41) is 8.43. The first kappa shape index (κ1) is 15.9. The van der Waals surface area contributed by atoms with E-state index in [1.807, 2.05) is 20.8 Å². The molecule has 1 atom stereocenters. The van der Waals surface area contributed by atoms with E-state index in [0.29, 0.717) is 5.92 Å². The monoisotopic (exact) mass is 243 g/mol. The maximum atomic E-state index is 11.0. The Morgan fingerprint density at radius 1 is 1.41 bits per heavy atom. The van der Waals surface area contributed by atoms with Gasteiger partial charge in [0.25, 0.3) is 0 Å². The number of nitrogens with two attached hydrogens (primary N) is 2. The zero-order valence-corrected chi connectivity index (χ0v) is 11.2. The van der Waals surface area contributed by atoms with Gasteiger partial charge in [-0.05, 0) is 18.3 Å². The molecule has 0 radical (unpaired) electrons. The molecular weight excluding hydrogens is 218 g/mol. The van der Waals surface area contributed by atoms with Crippen LogP contribution in [-0.4, -0.2) is 29.6 Å². The number of hydrazine groups is 1. The molecule has 5 N–H and O–H groups in total. The normalized spacial score (nSPS) is 17.9. The van der Waals surface area contributed by atoms with Gasteiger partial charge in [-0.1, -0.05) is 20.8 Å². The fourth-order valence-corrected chi connectivity index (χ4v) is 1.50. The largest absolute Gasteiger partial charge is 0.401 e. The zero-order chi connectivity index (χ0) is 13.6. The Bertz CT molecular complexity index is 267. The van der Waals surface area contributed by atoms with Gasteiger partial charge in [-0.3, -0.25) is 0 Å². The van der Waals surface area contributed by atoms with Crippen LogP contribution in [0.3, 0.4) is 0 Å². The average Bonchev–Trinajstić information content (AvgIpc) is 3.02. The first-order valence-corrected chi connectivity index (χ1v) is 5.76. The fraction of sp³-hybridized carbons (Fsp3) is 0.750. The zero-order valence-electron chi connectivity index (χ0n) is 11.2. The van der Waals surface area contributed by atoms with Gasteiger partial charge >= 0.3 is 0 Å². The van der Waals surface area contributed by atoms with Gasteiger partial charge in [0.15, 0.2) is 0 Å². The van der Waals surface area contributed by atoms with E-state index in [-0.39, 0.29) is 11.5 Å². The molecule has 0 amide bonds. The van der Waals surface area contributed by atoms with Gasteiger partial charge in [-0.25, -0.2) is 5.84 Å². The molecule has 0 heterocycles. The van der Waals surface area contributed by atoms with E-state index in [2.05, 4.69) is 0 Å². The molecule has 0 bridgehead atoms. The Morgan fingerprint density at radius 2 is 1.88 bits per heavy atom. The lowest BCUT2D eigenvalue weighted by Crippen LogP contribution is -2.46. The van der Waals surface area contributed by atoms with Crippen LogP contribution in [0.5, 0.6) is 0 Å². The van der Waals surface area contributed by atoms with Gasteiger partial charge in [-0.15, -0.1) is 0 Å². The van der Waals surface area contributed by atoms with E-state index >= 15 is 0 Å². The highest BCUT2D eigenvalue weighted by atomic mass is 16.2. The van der Waals surface area contributed by atoms with Crippen molar-refractivity contribution < 1.29 is 9.90 Å². The Hall–Kier alpha value is -1.07. The Balaban J connectivity index is 0.00000121. The minimum absolute atomic E-state index is 0.184. The SMILES string of the molecule is CC(C)(C)C(C=O)N(N)/C=C(\N)C1CC1.CO. The van der Waals surface area contributed by atoms with Crippen molar-refractivity contribution in [1.82, 2.24) is 5.01 Å². The molecule has 0 saturated heterocycles. The lowest BCUT2D eigenvalue weighted by atomic mass is 9.87. The molecule has 0 spiro atoms. The van der Waals surface area contributed by atoms with Crippen molar-refractivity contribution in [2.45, 2.75) is 39.7 Å². The summed E-state index contributed by atoms with van der Waals surface area (Å²) in [6, 6.07) is -0.338. The number of nitrogens with zero attached hydrogens (tertiary/aromatic N) is 1. The molecular formula is C12H25N3O2. The first-order chi connectivity index (χ1) is 7.86. The lowest BCUT2D eigenvalue weighted by molar-refractivity contribution is -0.114. The van der Waals surface area contributed by atoms with Crippen LogP contribution in [0.4, 0.5) is 0 Å². The second-order valence-corrected chi connectivity index (χ2v) is 5.30. The number of allylic oxidation sites excluding steroid dienone is 1. The van der Waals surface area contributed by atoms with Crippen molar-refractivity contribution in [2.75, 3.05) is 7.11 Å². The molecule has 0 aromatic rings. The molecule has 1 rings (SSSR count). The quantitative estimate of drug-likeness (QED) is 0.382. The van der Waals surface area contributed by atoms with Crippen molar-refractivity contribution in [2.24, 2.45) is 22.9 Å². The number of aliphatic hydroxyl groups excluding tert-OH is 1. The van der Waals surface area contributed by atoms with Crippen LogP contribution < -0.4 is 11.6 Å². The predicted molar refractivity (Wildman–Crippen MR) is 68.5 cm³/mol. The van der Waals surface area contributed by atoms with Gasteiger partial charge in [0.05, 0.1) is 0 Å². The van der Waals surface area contributed by atoms with Crippen molar-refractivity contribution >= 4 is 6.29 Å². The maximum absolute atomic E-state index is 11.0. The molecule has 1 unspecified atom stereocenters. The minimum Gasteiger partial charge on any atom is -0.401 e. The van der Waals surface area contributed by atoms with Crippen LogP contribution >= 0.6 is 0 Å². The molecule has 1 fully saturated rings. The maximum Gasteiger partial charge on any atom is 0.144 e. The average molecular weight is 243 g/mol. The Kier molecular flexibility index (Phi) is 6.20. The van der Waals surface area contributed by atoms with E-state index in [4.69, 9.17) is 16.7 Å². The van der Waals surface area contributed by atoms with E-state index in [1.54, 1.807) is 6.20 Å². The van der Waals surface area contributed by atoms with Gasteiger partial charge in [-0.2, -0.15) is 0 Å². The summed E-state index contributed by atoms with van der Waals surface area (Å²) in [6.45, 7) is 5.94. The standard InChI is InChI=1S/C11H21N3O.CH4O/c1-11(2,3)10(7-15)14(13)6-9(12)8-4-5-8;1-2/h6-8,10H,4-5,12-13H2,1-3H3;2H,1H3/b9-6-;. The fourth-order valence-electron chi connectivity index (χ4n) is 1.50. The Labute approximate surface area is 103 Å². The molecule has 1 saturated carbocycles. The van der Waals surface area contributed by atoms with E-state index in [9.17, 15) is 4.79 Å².